The molecule has 0 atom stereocenters. The number of amides is 1. The van der Waals surface area contributed by atoms with Gasteiger partial charge in [0.05, 0.1) is 4.91 Å². The van der Waals surface area contributed by atoms with E-state index in [0.717, 1.165) is 10.6 Å². The average Bonchev–Trinajstić information content (AvgIpc) is 3.01. The second-order valence-electron chi connectivity index (χ2n) is 4.64. The van der Waals surface area contributed by atoms with Crippen LogP contribution in [0.25, 0.3) is 6.08 Å². The van der Waals surface area contributed by atoms with Crippen molar-refractivity contribution >= 4 is 68.6 Å². The number of aryl methyl sites for hydroxylation is 1. The number of likely N-dealkylation sites (N-methyl/N-ethyl adjacent to an activating group) is 1. The minimum atomic E-state index is -0.138. The van der Waals surface area contributed by atoms with E-state index in [1.807, 2.05) is 6.92 Å². The monoisotopic (exact) mass is 384 g/mol. The maximum Gasteiger partial charge on any atom is 0.266 e. The molecule has 1 aromatic heterocycles. The van der Waals surface area contributed by atoms with Gasteiger partial charge in [-0.25, -0.2) is 0 Å². The normalized spacial score (nSPS) is 18.4. The molecule has 0 N–H and O–H groups in total. The third-order valence-corrected chi connectivity index (χ3v) is 5.31. The standard InChI is InChI=1S/C14H10Cl2N4OS2/c1-7-18-19-13(22-7)17-14-20(2)12(21)11(23-14)5-8-3-4-9(15)6-10(8)16/h3-6H,1-2H3/b11-5-,17-14+. The number of halogens is 2. The number of amidine groups is 1. The minimum absolute atomic E-state index is 0.138. The fourth-order valence-electron chi connectivity index (χ4n) is 1.82. The Morgan fingerprint density at radius 1 is 1.30 bits per heavy atom. The van der Waals surface area contributed by atoms with Crippen molar-refractivity contribution in [1.82, 2.24) is 15.1 Å². The highest BCUT2D eigenvalue weighted by Gasteiger charge is 2.30. The predicted octanol–water partition coefficient (Wildman–Crippen LogP) is 4.39. The van der Waals surface area contributed by atoms with Crippen molar-refractivity contribution < 1.29 is 4.79 Å². The number of benzene rings is 1. The summed E-state index contributed by atoms with van der Waals surface area (Å²) in [6.07, 6.45) is 1.73. The number of nitrogens with zero attached hydrogens (tertiary/aromatic N) is 4. The summed E-state index contributed by atoms with van der Waals surface area (Å²) in [5.74, 6) is -0.138. The van der Waals surface area contributed by atoms with Crippen LogP contribution >= 0.6 is 46.3 Å². The van der Waals surface area contributed by atoms with Crippen molar-refractivity contribution in [3.05, 3.63) is 43.7 Å². The number of hydrogen-bond donors (Lipinski definition) is 0. The molecule has 1 amide bonds. The van der Waals surface area contributed by atoms with Gasteiger partial charge in [0.2, 0.25) is 5.13 Å². The highest BCUT2D eigenvalue weighted by Crippen LogP contribution is 2.35. The van der Waals surface area contributed by atoms with Crippen LogP contribution in [0.4, 0.5) is 5.13 Å². The molecule has 2 heterocycles. The van der Waals surface area contributed by atoms with Gasteiger partial charge >= 0.3 is 0 Å². The van der Waals surface area contributed by atoms with Gasteiger partial charge < -0.3 is 0 Å². The second-order valence-corrected chi connectivity index (χ2v) is 7.65. The molecule has 2 aromatic rings. The van der Waals surface area contributed by atoms with E-state index in [2.05, 4.69) is 15.2 Å². The van der Waals surface area contributed by atoms with Crippen LogP contribution in [-0.2, 0) is 4.79 Å². The van der Waals surface area contributed by atoms with Gasteiger partial charge in [0.1, 0.15) is 5.01 Å². The Morgan fingerprint density at radius 2 is 2.09 bits per heavy atom. The van der Waals surface area contributed by atoms with Gasteiger partial charge in [0, 0.05) is 17.1 Å². The van der Waals surface area contributed by atoms with Crippen LogP contribution in [0.5, 0.6) is 0 Å². The van der Waals surface area contributed by atoms with E-state index in [1.54, 1.807) is 31.3 Å². The molecule has 23 heavy (non-hydrogen) atoms. The highest BCUT2D eigenvalue weighted by molar-refractivity contribution is 8.18. The van der Waals surface area contributed by atoms with Gasteiger partial charge in [-0.15, -0.1) is 10.2 Å². The first-order valence-corrected chi connectivity index (χ1v) is 8.84. The van der Waals surface area contributed by atoms with E-state index in [4.69, 9.17) is 23.2 Å². The fourth-order valence-corrected chi connectivity index (χ4v) is 3.86. The average molecular weight is 385 g/mol. The second kappa shape index (κ2) is 6.60. The smallest absolute Gasteiger partial charge is 0.266 e. The van der Waals surface area contributed by atoms with Crippen LogP contribution in [-0.4, -0.2) is 33.2 Å². The molecule has 0 spiro atoms. The topological polar surface area (TPSA) is 58.5 Å². The zero-order valence-corrected chi connectivity index (χ0v) is 15.2. The van der Waals surface area contributed by atoms with E-state index >= 15 is 0 Å². The molecule has 0 radical (unpaired) electrons. The van der Waals surface area contributed by atoms with Crippen LogP contribution in [0.1, 0.15) is 10.6 Å². The van der Waals surface area contributed by atoms with Gasteiger partial charge in [-0.1, -0.05) is 40.6 Å². The van der Waals surface area contributed by atoms with Crippen LogP contribution in [0.15, 0.2) is 28.1 Å². The van der Waals surface area contributed by atoms with Crippen molar-refractivity contribution in [2.24, 2.45) is 4.99 Å². The summed E-state index contributed by atoms with van der Waals surface area (Å²) >= 11 is 14.7. The van der Waals surface area contributed by atoms with E-state index in [9.17, 15) is 4.79 Å². The fraction of sp³-hybridized carbons (Fsp3) is 0.143. The Labute approximate surface area is 151 Å². The zero-order chi connectivity index (χ0) is 16.6. The molecule has 9 heteroatoms. The summed E-state index contributed by atoms with van der Waals surface area (Å²) in [5.41, 5.74) is 0.730. The maximum atomic E-state index is 12.3. The van der Waals surface area contributed by atoms with Gasteiger partial charge in [0.15, 0.2) is 5.17 Å². The first-order chi connectivity index (χ1) is 10.9. The van der Waals surface area contributed by atoms with Crippen molar-refractivity contribution in [2.45, 2.75) is 6.92 Å². The molecule has 3 rings (SSSR count). The molecule has 5 nitrogen and oxygen atoms in total. The summed E-state index contributed by atoms with van der Waals surface area (Å²) in [6.45, 7) is 1.85. The van der Waals surface area contributed by atoms with Crippen LogP contribution < -0.4 is 0 Å². The molecule has 1 aliphatic rings. The minimum Gasteiger partial charge on any atom is -0.289 e. The highest BCUT2D eigenvalue weighted by atomic mass is 35.5. The SMILES string of the molecule is Cc1nnc(/N=C2/S/C(=C\c3ccc(Cl)cc3Cl)C(=O)N2C)s1. The lowest BCUT2D eigenvalue weighted by atomic mass is 10.2. The summed E-state index contributed by atoms with van der Waals surface area (Å²) in [4.78, 5) is 18.7. The summed E-state index contributed by atoms with van der Waals surface area (Å²) < 4.78 is 0. The lowest BCUT2D eigenvalue weighted by Gasteiger charge is -2.05. The van der Waals surface area contributed by atoms with Crippen LogP contribution in [0.2, 0.25) is 10.0 Å². The molecule has 1 aliphatic heterocycles. The lowest BCUT2D eigenvalue weighted by Crippen LogP contribution is -2.23. The van der Waals surface area contributed by atoms with Crippen molar-refractivity contribution in [1.29, 1.82) is 0 Å². The Hall–Kier alpha value is -1.41. The molecule has 0 aliphatic carbocycles. The van der Waals surface area contributed by atoms with E-state index in [-0.39, 0.29) is 5.91 Å². The number of rotatable bonds is 2. The number of aliphatic imine (C=N–C) groups is 1. The van der Waals surface area contributed by atoms with Gasteiger partial charge in [-0.3, -0.25) is 9.69 Å². The number of aromatic nitrogens is 2. The molecule has 0 bridgehead atoms. The Kier molecular flexibility index (Phi) is 4.72. The number of thioether (sulfide) groups is 1. The number of carbonyl (C=O) groups is 1. The Bertz CT molecular complexity index is 847. The third-order valence-electron chi connectivity index (χ3n) is 2.96. The Morgan fingerprint density at radius 3 is 2.74 bits per heavy atom. The lowest BCUT2D eigenvalue weighted by molar-refractivity contribution is -0.121. The maximum absolute atomic E-state index is 12.3. The molecule has 118 valence electrons. The molecule has 0 saturated carbocycles. The van der Waals surface area contributed by atoms with E-state index in [0.29, 0.717) is 25.2 Å². The van der Waals surface area contributed by atoms with Gasteiger partial charge in [-0.05, 0) is 42.5 Å². The van der Waals surface area contributed by atoms with E-state index < -0.39 is 0 Å². The summed E-state index contributed by atoms with van der Waals surface area (Å²) in [6, 6.07) is 5.14. The molecular weight excluding hydrogens is 375 g/mol. The van der Waals surface area contributed by atoms with Crippen LogP contribution in [0.3, 0.4) is 0 Å². The summed E-state index contributed by atoms with van der Waals surface area (Å²) in [7, 11) is 1.67. The Balaban J connectivity index is 1.92. The van der Waals surface area contributed by atoms with Crippen molar-refractivity contribution in [2.75, 3.05) is 7.05 Å². The zero-order valence-electron chi connectivity index (χ0n) is 12.1. The third kappa shape index (κ3) is 3.58. The molecule has 1 saturated heterocycles. The van der Waals surface area contributed by atoms with E-state index in [1.165, 1.54) is 28.0 Å². The molecule has 1 aromatic carbocycles. The van der Waals surface area contributed by atoms with Crippen LogP contribution in [0, 0.1) is 6.92 Å². The molecule has 1 fully saturated rings. The quantitative estimate of drug-likeness (QED) is 0.720. The largest absolute Gasteiger partial charge is 0.289 e. The van der Waals surface area contributed by atoms with Crippen molar-refractivity contribution in [3.8, 4) is 0 Å². The number of carbonyl (C=O) groups excluding carboxylic acids is 1. The van der Waals surface area contributed by atoms with Crippen molar-refractivity contribution in [3.63, 3.8) is 0 Å². The number of hydrogen-bond acceptors (Lipinski definition) is 6. The first-order valence-electron chi connectivity index (χ1n) is 6.45. The predicted molar refractivity (Wildman–Crippen MR) is 96.5 cm³/mol. The van der Waals surface area contributed by atoms with Gasteiger partial charge in [-0.2, -0.15) is 4.99 Å². The summed E-state index contributed by atoms with van der Waals surface area (Å²) in [5, 5.41) is 10.8. The first kappa shape index (κ1) is 16.4. The molecular formula is C14H10Cl2N4OS2. The van der Waals surface area contributed by atoms with Gasteiger partial charge in [0.25, 0.3) is 5.91 Å². The molecule has 0 unspecified atom stereocenters.